The fraction of sp³-hybridized carbons (Fsp3) is 0.300. The highest BCUT2D eigenvalue weighted by atomic mass is 16.5. The monoisotopic (exact) mass is 323 g/mol. The molecule has 0 heterocycles. The van der Waals surface area contributed by atoms with Gasteiger partial charge >= 0.3 is 5.97 Å². The highest BCUT2D eigenvalue weighted by molar-refractivity contribution is 5.96. The van der Waals surface area contributed by atoms with E-state index in [1.54, 1.807) is 6.07 Å². The number of aryl methyl sites for hydroxylation is 4. The summed E-state index contributed by atoms with van der Waals surface area (Å²) in [6.45, 7) is 3.47. The molecule has 0 saturated carbocycles. The molecule has 24 heavy (non-hydrogen) atoms. The number of benzene rings is 2. The van der Waals surface area contributed by atoms with Crippen LogP contribution in [0.3, 0.4) is 0 Å². The Labute approximate surface area is 141 Å². The minimum absolute atomic E-state index is 0.288. The first-order valence-electron chi connectivity index (χ1n) is 8.19. The van der Waals surface area contributed by atoms with Crippen molar-refractivity contribution in [2.24, 2.45) is 0 Å². The zero-order chi connectivity index (χ0) is 17.1. The van der Waals surface area contributed by atoms with Crippen molar-refractivity contribution in [1.82, 2.24) is 0 Å². The molecule has 0 radical (unpaired) electrons. The van der Waals surface area contributed by atoms with Gasteiger partial charge in [0, 0.05) is 5.69 Å². The van der Waals surface area contributed by atoms with E-state index in [-0.39, 0.29) is 12.5 Å². The number of carbonyl (C=O) groups excluding carboxylic acids is 2. The summed E-state index contributed by atoms with van der Waals surface area (Å²) in [6.07, 6.45) is 3.33. The maximum Gasteiger partial charge on any atom is 0.338 e. The van der Waals surface area contributed by atoms with Crippen molar-refractivity contribution in [1.29, 1.82) is 0 Å². The molecule has 0 fully saturated rings. The maximum atomic E-state index is 12.1. The van der Waals surface area contributed by atoms with Crippen molar-refractivity contribution < 1.29 is 14.3 Å². The minimum Gasteiger partial charge on any atom is -0.452 e. The molecule has 3 rings (SSSR count). The molecule has 2 aromatic rings. The first-order chi connectivity index (χ1) is 11.5. The largest absolute Gasteiger partial charge is 0.452 e. The lowest BCUT2D eigenvalue weighted by Crippen LogP contribution is -2.21. The van der Waals surface area contributed by atoms with Gasteiger partial charge in [-0.05, 0) is 68.0 Å². The van der Waals surface area contributed by atoms with E-state index < -0.39 is 5.97 Å². The Hall–Kier alpha value is -2.62. The van der Waals surface area contributed by atoms with E-state index in [1.807, 2.05) is 38.1 Å². The third-order valence-corrected chi connectivity index (χ3v) is 4.33. The number of esters is 1. The average molecular weight is 323 g/mol. The molecule has 4 heteroatoms. The fourth-order valence-corrected chi connectivity index (χ4v) is 3.01. The van der Waals surface area contributed by atoms with E-state index in [1.165, 1.54) is 17.5 Å². The third kappa shape index (κ3) is 3.65. The summed E-state index contributed by atoms with van der Waals surface area (Å²) in [5.41, 5.74) is 5.72. The highest BCUT2D eigenvalue weighted by Gasteiger charge is 2.14. The Kier molecular flexibility index (Phi) is 4.65. The molecule has 1 aliphatic rings. The van der Waals surface area contributed by atoms with Gasteiger partial charge in [-0.1, -0.05) is 23.8 Å². The van der Waals surface area contributed by atoms with Gasteiger partial charge in [-0.2, -0.15) is 0 Å². The maximum absolute atomic E-state index is 12.1. The van der Waals surface area contributed by atoms with Gasteiger partial charge in [0.05, 0.1) is 5.56 Å². The van der Waals surface area contributed by atoms with Crippen molar-refractivity contribution >= 4 is 17.6 Å². The molecule has 0 aliphatic heterocycles. The summed E-state index contributed by atoms with van der Waals surface area (Å²) < 4.78 is 5.14. The number of carbonyl (C=O) groups is 2. The smallest absolute Gasteiger partial charge is 0.338 e. The summed E-state index contributed by atoms with van der Waals surface area (Å²) in [5.74, 6) is -0.799. The molecule has 124 valence electrons. The minimum atomic E-state index is -0.472. The lowest BCUT2D eigenvalue weighted by Gasteiger charge is -2.09. The third-order valence-electron chi connectivity index (χ3n) is 4.33. The van der Waals surface area contributed by atoms with Crippen LogP contribution in [0.1, 0.15) is 39.0 Å². The molecule has 0 spiro atoms. The van der Waals surface area contributed by atoms with Gasteiger partial charge in [-0.25, -0.2) is 4.79 Å². The molecule has 0 bridgehead atoms. The number of ether oxygens (including phenoxy) is 1. The number of hydrogen-bond donors (Lipinski definition) is 1. The molecule has 0 unspecified atom stereocenters. The van der Waals surface area contributed by atoms with Crippen LogP contribution in [0.2, 0.25) is 0 Å². The molecule has 2 aromatic carbocycles. The van der Waals surface area contributed by atoms with Gasteiger partial charge in [-0.15, -0.1) is 0 Å². The van der Waals surface area contributed by atoms with E-state index >= 15 is 0 Å². The van der Waals surface area contributed by atoms with E-state index in [0.717, 1.165) is 29.7 Å². The van der Waals surface area contributed by atoms with Crippen LogP contribution < -0.4 is 5.32 Å². The van der Waals surface area contributed by atoms with Gasteiger partial charge in [0.25, 0.3) is 5.91 Å². The molecule has 1 aliphatic carbocycles. The van der Waals surface area contributed by atoms with Crippen molar-refractivity contribution in [2.75, 3.05) is 11.9 Å². The van der Waals surface area contributed by atoms with Crippen LogP contribution in [0.15, 0.2) is 36.4 Å². The van der Waals surface area contributed by atoms with Crippen LogP contribution in [0.5, 0.6) is 0 Å². The first kappa shape index (κ1) is 16.2. The van der Waals surface area contributed by atoms with Crippen LogP contribution in [0, 0.1) is 13.8 Å². The number of hydrogen-bond acceptors (Lipinski definition) is 3. The number of nitrogens with one attached hydrogen (secondary N) is 1. The summed E-state index contributed by atoms with van der Waals surface area (Å²) in [5, 5.41) is 2.79. The quantitative estimate of drug-likeness (QED) is 0.875. The van der Waals surface area contributed by atoms with Gasteiger partial charge < -0.3 is 10.1 Å². The molecule has 0 atom stereocenters. The predicted octanol–water partition coefficient (Wildman–Crippen LogP) is 3.59. The summed E-state index contributed by atoms with van der Waals surface area (Å²) in [4.78, 5) is 24.1. The molecule has 1 amide bonds. The summed E-state index contributed by atoms with van der Waals surface area (Å²) >= 11 is 0. The molecular weight excluding hydrogens is 302 g/mol. The average Bonchev–Trinajstić information content (AvgIpc) is 3.02. The Morgan fingerprint density at radius 3 is 2.67 bits per heavy atom. The van der Waals surface area contributed by atoms with E-state index in [2.05, 4.69) is 11.4 Å². The van der Waals surface area contributed by atoms with Crippen LogP contribution in [0.25, 0.3) is 0 Å². The second kappa shape index (κ2) is 6.87. The Balaban J connectivity index is 1.57. The van der Waals surface area contributed by atoms with Crippen LogP contribution >= 0.6 is 0 Å². The summed E-state index contributed by atoms with van der Waals surface area (Å²) in [6, 6.07) is 11.5. The van der Waals surface area contributed by atoms with Gasteiger partial charge in [0.1, 0.15) is 0 Å². The standard InChI is InChI=1S/C20H21NO3/c1-13-6-7-14(2)18(10-13)20(23)24-12-19(22)21-17-9-8-15-4-3-5-16(15)11-17/h6-11H,3-5,12H2,1-2H3,(H,21,22). The van der Waals surface area contributed by atoms with Gasteiger partial charge in [0.2, 0.25) is 0 Å². The highest BCUT2D eigenvalue weighted by Crippen LogP contribution is 2.24. The van der Waals surface area contributed by atoms with Crippen molar-refractivity contribution in [3.63, 3.8) is 0 Å². The topological polar surface area (TPSA) is 55.4 Å². The van der Waals surface area contributed by atoms with E-state index in [4.69, 9.17) is 4.74 Å². The predicted molar refractivity (Wildman–Crippen MR) is 93.3 cm³/mol. The SMILES string of the molecule is Cc1ccc(C)c(C(=O)OCC(=O)Nc2ccc3c(c2)CCC3)c1. The summed E-state index contributed by atoms with van der Waals surface area (Å²) in [7, 11) is 0. The fourth-order valence-electron chi connectivity index (χ4n) is 3.01. The first-order valence-corrected chi connectivity index (χ1v) is 8.19. The van der Waals surface area contributed by atoms with E-state index in [9.17, 15) is 9.59 Å². The van der Waals surface area contributed by atoms with Crippen LogP contribution in [-0.4, -0.2) is 18.5 Å². The molecule has 1 N–H and O–H groups in total. The normalized spacial score (nSPS) is 12.6. The number of fused-ring (bicyclic) bond motifs is 1. The second-order valence-corrected chi connectivity index (χ2v) is 6.28. The van der Waals surface area contributed by atoms with Gasteiger partial charge in [-0.3, -0.25) is 4.79 Å². The Morgan fingerprint density at radius 2 is 1.83 bits per heavy atom. The zero-order valence-electron chi connectivity index (χ0n) is 14.0. The van der Waals surface area contributed by atoms with Crippen molar-refractivity contribution in [2.45, 2.75) is 33.1 Å². The second-order valence-electron chi connectivity index (χ2n) is 6.28. The Bertz CT molecular complexity index is 795. The molecular formula is C20H21NO3. The van der Waals surface area contributed by atoms with Crippen molar-refractivity contribution in [3.05, 3.63) is 64.2 Å². The number of amides is 1. The van der Waals surface area contributed by atoms with Gasteiger partial charge in [0.15, 0.2) is 6.61 Å². The van der Waals surface area contributed by atoms with E-state index in [0.29, 0.717) is 5.56 Å². The number of rotatable bonds is 4. The lowest BCUT2D eigenvalue weighted by atomic mass is 10.1. The molecule has 0 aromatic heterocycles. The number of anilines is 1. The molecule has 0 saturated heterocycles. The Morgan fingerprint density at radius 1 is 1.04 bits per heavy atom. The zero-order valence-corrected chi connectivity index (χ0v) is 14.0. The molecule has 4 nitrogen and oxygen atoms in total. The van der Waals surface area contributed by atoms with Crippen LogP contribution in [0.4, 0.5) is 5.69 Å². The lowest BCUT2D eigenvalue weighted by molar-refractivity contribution is -0.119. The van der Waals surface area contributed by atoms with Crippen LogP contribution in [-0.2, 0) is 22.4 Å². The van der Waals surface area contributed by atoms with Crippen molar-refractivity contribution in [3.8, 4) is 0 Å².